The smallest absolute Gasteiger partial charge is 0.362 e. The molecule has 2 aliphatic heterocycles. The van der Waals surface area contributed by atoms with Gasteiger partial charge in [0.15, 0.2) is 0 Å². The number of nitrogens with zero attached hydrogens (tertiary/aromatic N) is 1. The van der Waals surface area contributed by atoms with Gasteiger partial charge in [-0.1, -0.05) is 0 Å². The van der Waals surface area contributed by atoms with Gasteiger partial charge in [-0.3, -0.25) is 14.1 Å². The van der Waals surface area contributed by atoms with E-state index in [-0.39, 0.29) is 13.0 Å². The van der Waals surface area contributed by atoms with Crippen LogP contribution in [0.4, 0.5) is 0 Å². The van der Waals surface area contributed by atoms with Crippen molar-refractivity contribution in [2.24, 2.45) is 0 Å². The van der Waals surface area contributed by atoms with Gasteiger partial charge in [-0.05, 0) is 0 Å². The van der Waals surface area contributed by atoms with E-state index in [1.807, 2.05) is 0 Å². The molecule has 0 aromatic rings. The van der Waals surface area contributed by atoms with Crippen molar-refractivity contribution in [1.82, 2.24) is 9.62 Å². The van der Waals surface area contributed by atoms with Crippen LogP contribution in [0.15, 0.2) is 11.2 Å². The summed E-state index contributed by atoms with van der Waals surface area (Å²) in [6.07, 6.45) is 0.00263. The van der Waals surface area contributed by atoms with Gasteiger partial charge in [-0.15, -0.1) is 11.8 Å². The number of thioether (sulfide) groups is 1. The summed E-state index contributed by atoms with van der Waals surface area (Å²) in [7, 11) is -4.52. The monoisotopic (exact) mass is 308 g/mol. The Kier molecular flexibility index (Phi) is 4.02. The maximum absolute atomic E-state index is 11.6. The van der Waals surface area contributed by atoms with Crippen molar-refractivity contribution < 1.29 is 27.3 Å². The highest BCUT2D eigenvalue weighted by atomic mass is 32.2. The third-order valence-electron chi connectivity index (χ3n) is 2.54. The lowest BCUT2D eigenvalue weighted by Crippen LogP contribution is -2.65. The van der Waals surface area contributed by atoms with Crippen molar-refractivity contribution >= 4 is 33.9 Å². The fourth-order valence-electron chi connectivity index (χ4n) is 1.61. The zero-order valence-electron chi connectivity index (χ0n) is 9.74. The Morgan fingerprint density at radius 3 is 2.89 bits per heavy atom. The third kappa shape index (κ3) is 3.39. The van der Waals surface area contributed by atoms with E-state index >= 15 is 0 Å². The fraction of sp³-hybridized carbons (Fsp3) is 0.556. The lowest BCUT2D eigenvalue weighted by Gasteiger charge is -2.35. The molecule has 10 heteroatoms. The average molecular weight is 308 g/mol. The van der Waals surface area contributed by atoms with Crippen LogP contribution in [0, 0.1) is 0 Å². The minimum Gasteiger partial charge on any atom is -0.496 e. The Morgan fingerprint density at radius 1 is 1.63 bits per heavy atom. The van der Waals surface area contributed by atoms with E-state index in [4.69, 9.17) is 9.29 Å². The van der Waals surface area contributed by atoms with Gasteiger partial charge >= 0.3 is 10.3 Å². The normalized spacial score (nSPS) is 23.2. The molecule has 2 rings (SSSR count). The molecule has 19 heavy (non-hydrogen) atoms. The molecule has 0 aromatic heterocycles. The SMILES string of the molecule is O=C(CC1=CSCCO1)NC1CN(S(=O)(=O)O)C1=O. The van der Waals surface area contributed by atoms with Crippen LogP contribution in [-0.2, 0) is 24.6 Å². The first kappa shape index (κ1) is 14.2. The Hall–Kier alpha value is -1.26. The van der Waals surface area contributed by atoms with Gasteiger partial charge in [-0.25, -0.2) is 4.31 Å². The zero-order chi connectivity index (χ0) is 14.0. The Balaban J connectivity index is 1.82. The number of rotatable bonds is 4. The molecule has 1 saturated heterocycles. The van der Waals surface area contributed by atoms with Crippen LogP contribution in [0.2, 0.25) is 0 Å². The molecular weight excluding hydrogens is 296 g/mol. The summed E-state index contributed by atoms with van der Waals surface area (Å²) in [5.74, 6) is 0.0771. The van der Waals surface area contributed by atoms with Gasteiger partial charge in [0.05, 0.1) is 19.6 Å². The minimum atomic E-state index is -4.52. The van der Waals surface area contributed by atoms with E-state index in [1.165, 1.54) is 11.8 Å². The molecule has 0 saturated carbocycles. The second kappa shape index (κ2) is 5.39. The van der Waals surface area contributed by atoms with Crippen LogP contribution < -0.4 is 5.32 Å². The predicted molar refractivity (Wildman–Crippen MR) is 66.3 cm³/mol. The summed E-state index contributed by atoms with van der Waals surface area (Å²) >= 11 is 1.53. The fourth-order valence-corrected chi connectivity index (χ4v) is 2.94. The summed E-state index contributed by atoms with van der Waals surface area (Å²) in [6.45, 7) is 0.279. The largest absolute Gasteiger partial charge is 0.496 e. The molecule has 2 amide bonds. The van der Waals surface area contributed by atoms with Gasteiger partial charge in [-0.2, -0.15) is 8.42 Å². The van der Waals surface area contributed by atoms with Gasteiger partial charge in [0.2, 0.25) is 5.91 Å². The van der Waals surface area contributed by atoms with Gasteiger partial charge in [0, 0.05) is 11.2 Å². The van der Waals surface area contributed by atoms with Crippen LogP contribution >= 0.6 is 11.8 Å². The number of β-lactam (4-membered cyclic amide) rings is 1. The summed E-state index contributed by atoms with van der Waals surface area (Å²) in [4.78, 5) is 23.0. The number of hydrogen-bond acceptors (Lipinski definition) is 6. The number of nitrogens with one attached hydrogen (secondary N) is 1. The lowest BCUT2D eigenvalue weighted by atomic mass is 10.1. The molecule has 0 radical (unpaired) electrons. The average Bonchev–Trinajstić information content (AvgIpc) is 2.33. The van der Waals surface area contributed by atoms with Crippen LogP contribution in [0.1, 0.15) is 6.42 Å². The molecule has 106 valence electrons. The van der Waals surface area contributed by atoms with Crippen LogP contribution in [-0.4, -0.2) is 54.0 Å². The number of hydrogen-bond donors (Lipinski definition) is 2. The number of carbonyl (C=O) groups excluding carboxylic acids is 2. The first-order chi connectivity index (χ1) is 8.88. The molecular formula is C9H12N2O6S2. The van der Waals surface area contributed by atoms with Crippen LogP contribution in [0.5, 0.6) is 0 Å². The second-order valence-corrected chi connectivity index (χ2v) is 6.26. The third-order valence-corrected chi connectivity index (χ3v) is 4.26. The van der Waals surface area contributed by atoms with Crippen molar-refractivity contribution in [2.45, 2.75) is 12.5 Å². The maximum atomic E-state index is 11.6. The van der Waals surface area contributed by atoms with Gasteiger partial charge in [0.1, 0.15) is 11.8 Å². The van der Waals surface area contributed by atoms with E-state index in [0.717, 1.165) is 5.75 Å². The number of amides is 2. The van der Waals surface area contributed by atoms with Crippen molar-refractivity contribution in [3.05, 3.63) is 11.2 Å². The van der Waals surface area contributed by atoms with Gasteiger partial charge in [0.25, 0.3) is 5.91 Å². The molecule has 0 bridgehead atoms. The predicted octanol–water partition coefficient (Wildman–Crippen LogP) is -0.889. The second-order valence-electron chi connectivity index (χ2n) is 3.95. The lowest BCUT2D eigenvalue weighted by molar-refractivity contribution is -0.140. The molecule has 1 unspecified atom stereocenters. The Bertz CT molecular complexity index is 529. The Labute approximate surface area is 114 Å². The van der Waals surface area contributed by atoms with Crippen molar-refractivity contribution in [3.8, 4) is 0 Å². The minimum absolute atomic E-state index is 0.00263. The molecule has 2 heterocycles. The van der Waals surface area contributed by atoms with E-state index < -0.39 is 28.2 Å². The molecule has 0 spiro atoms. The summed E-state index contributed by atoms with van der Waals surface area (Å²) in [5.41, 5.74) is 0. The number of ether oxygens (including phenoxy) is 1. The molecule has 1 atom stereocenters. The van der Waals surface area contributed by atoms with Crippen LogP contribution in [0.25, 0.3) is 0 Å². The van der Waals surface area contributed by atoms with Crippen molar-refractivity contribution in [2.75, 3.05) is 18.9 Å². The van der Waals surface area contributed by atoms with Crippen LogP contribution in [0.3, 0.4) is 0 Å². The Morgan fingerprint density at radius 2 is 2.37 bits per heavy atom. The van der Waals surface area contributed by atoms with Crippen molar-refractivity contribution in [3.63, 3.8) is 0 Å². The summed E-state index contributed by atoms with van der Waals surface area (Å²) < 4.78 is 35.6. The standard InChI is InChI=1S/C9H12N2O6S2/c12-8(3-6-5-18-2-1-17-6)10-7-4-11(9(7)13)19(14,15)16/h5,7H,1-4H2,(H,10,12)(H,14,15,16). The topological polar surface area (TPSA) is 113 Å². The molecule has 1 fully saturated rings. The van der Waals surface area contributed by atoms with E-state index in [0.29, 0.717) is 16.7 Å². The molecule has 2 N–H and O–H groups in total. The highest BCUT2D eigenvalue weighted by Gasteiger charge is 2.44. The molecule has 2 aliphatic rings. The first-order valence-corrected chi connectivity index (χ1v) is 7.84. The molecule has 0 aromatic carbocycles. The zero-order valence-corrected chi connectivity index (χ0v) is 11.4. The van der Waals surface area contributed by atoms with E-state index in [1.54, 1.807) is 5.41 Å². The highest BCUT2D eigenvalue weighted by molar-refractivity contribution is 8.02. The van der Waals surface area contributed by atoms with Gasteiger partial charge < -0.3 is 10.1 Å². The first-order valence-electron chi connectivity index (χ1n) is 5.40. The maximum Gasteiger partial charge on any atom is 0.362 e. The highest BCUT2D eigenvalue weighted by Crippen LogP contribution is 2.18. The number of carbonyl (C=O) groups is 2. The van der Waals surface area contributed by atoms with E-state index in [9.17, 15) is 18.0 Å². The quantitative estimate of drug-likeness (QED) is 0.511. The molecule has 8 nitrogen and oxygen atoms in total. The van der Waals surface area contributed by atoms with E-state index in [2.05, 4.69) is 5.32 Å². The van der Waals surface area contributed by atoms with Crippen molar-refractivity contribution in [1.29, 1.82) is 0 Å². The molecule has 0 aliphatic carbocycles. The summed E-state index contributed by atoms with van der Waals surface area (Å²) in [5, 5.41) is 4.11. The summed E-state index contributed by atoms with van der Waals surface area (Å²) in [6, 6.07) is -0.911.